The third-order valence-electron chi connectivity index (χ3n) is 4.39. The molecule has 0 saturated carbocycles. The van der Waals surface area contributed by atoms with Crippen molar-refractivity contribution in [3.63, 3.8) is 0 Å². The molecule has 1 unspecified atom stereocenters. The molecule has 0 saturated heterocycles. The summed E-state index contributed by atoms with van der Waals surface area (Å²) in [5.41, 5.74) is 3.60. The highest BCUT2D eigenvalue weighted by Gasteiger charge is 2.18. The molecule has 23 heavy (non-hydrogen) atoms. The van der Waals surface area contributed by atoms with Gasteiger partial charge in [-0.15, -0.1) is 0 Å². The molecule has 2 aromatic carbocycles. The van der Waals surface area contributed by atoms with E-state index in [1.165, 1.54) is 11.1 Å². The molecule has 122 valence electrons. The van der Waals surface area contributed by atoms with Gasteiger partial charge >= 0.3 is 0 Å². The van der Waals surface area contributed by atoms with Crippen molar-refractivity contribution < 1.29 is 14.6 Å². The van der Waals surface area contributed by atoms with Crippen molar-refractivity contribution in [2.45, 2.75) is 19.0 Å². The van der Waals surface area contributed by atoms with Gasteiger partial charge in [0, 0.05) is 13.0 Å². The van der Waals surface area contributed by atoms with Gasteiger partial charge in [0.05, 0.1) is 26.4 Å². The fourth-order valence-corrected chi connectivity index (χ4v) is 3.06. The average Bonchev–Trinajstić information content (AvgIpc) is 3.04. The maximum absolute atomic E-state index is 9.82. The minimum Gasteiger partial charge on any atom is -0.497 e. The number of hydrogen-bond acceptors (Lipinski definition) is 4. The van der Waals surface area contributed by atoms with Crippen molar-refractivity contribution in [3.05, 3.63) is 59.2 Å². The Morgan fingerprint density at radius 3 is 2.70 bits per heavy atom. The van der Waals surface area contributed by atoms with Gasteiger partial charge in [0.15, 0.2) is 0 Å². The monoisotopic (exact) mass is 313 g/mol. The van der Waals surface area contributed by atoms with Crippen molar-refractivity contribution in [1.82, 2.24) is 4.90 Å². The van der Waals surface area contributed by atoms with Crippen LogP contribution in [0.1, 0.15) is 22.7 Å². The lowest BCUT2D eigenvalue weighted by Crippen LogP contribution is -2.27. The Labute approximate surface area is 137 Å². The molecule has 0 radical (unpaired) electrons. The predicted octanol–water partition coefficient (Wildman–Crippen LogP) is 2.80. The molecule has 0 spiro atoms. The summed E-state index contributed by atoms with van der Waals surface area (Å²) < 4.78 is 10.7. The van der Waals surface area contributed by atoms with E-state index in [0.717, 1.165) is 36.6 Å². The van der Waals surface area contributed by atoms with Gasteiger partial charge in [-0.05, 0) is 41.9 Å². The number of aliphatic hydroxyl groups is 1. The Morgan fingerprint density at radius 1 is 1.22 bits per heavy atom. The van der Waals surface area contributed by atoms with E-state index in [1.807, 2.05) is 37.4 Å². The largest absolute Gasteiger partial charge is 0.497 e. The van der Waals surface area contributed by atoms with Gasteiger partial charge in [-0.25, -0.2) is 0 Å². The highest BCUT2D eigenvalue weighted by Crippen LogP contribution is 2.28. The normalized spacial score (nSPS) is 14.4. The van der Waals surface area contributed by atoms with E-state index in [4.69, 9.17) is 9.47 Å². The molecule has 0 aliphatic carbocycles. The summed E-state index contributed by atoms with van der Waals surface area (Å²) in [5, 5.41) is 9.82. The van der Waals surface area contributed by atoms with Crippen LogP contribution in [0.4, 0.5) is 0 Å². The lowest BCUT2D eigenvalue weighted by molar-refractivity contribution is 0.142. The number of likely N-dealkylation sites (N-methyl/N-ethyl adjacent to an activating group) is 1. The molecule has 2 aromatic rings. The molecule has 1 N–H and O–H groups in total. The minimum atomic E-state index is -0.0367. The van der Waals surface area contributed by atoms with Crippen LogP contribution < -0.4 is 9.47 Å². The number of aliphatic hydroxyl groups excluding tert-OH is 1. The molecule has 4 heteroatoms. The van der Waals surface area contributed by atoms with Crippen molar-refractivity contribution in [3.8, 4) is 11.5 Å². The zero-order valence-electron chi connectivity index (χ0n) is 13.7. The number of rotatable bonds is 6. The van der Waals surface area contributed by atoms with E-state index in [1.54, 1.807) is 7.11 Å². The van der Waals surface area contributed by atoms with Crippen LogP contribution in [-0.4, -0.2) is 37.4 Å². The minimum absolute atomic E-state index is 0.0367. The Balaban J connectivity index is 1.73. The van der Waals surface area contributed by atoms with Crippen LogP contribution in [-0.2, 0) is 13.0 Å². The fraction of sp³-hybridized carbons (Fsp3) is 0.368. The summed E-state index contributed by atoms with van der Waals surface area (Å²) in [4.78, 5) is 2.17. The number of ether oxygens (including phenoxy) is 2. The van der Waals surface area contributed by atoms with Gasteiger partial charge in [0.1, 0.15) is 11.5 Å². The summed E-state index contributed by atoms with van der Waals surface area (Å²) in [6.07, 6.45) is 0.981. The van der Waals surface area contributed by atoms with Crippen LogP contribution in [0, 0.1) is 0 Å². The first-order valence-corrected chi connectivity index (χ1v) is 7.91. The molecule has 1 aliphatic heterocycles. The third-order valence-corrected chi connectivity index (χ3v) is 4.39. The van der Waals surface area contributed by atoms with Crippen molar-refractivity contribution >= 4 is 0 Å². The quantitative estimate of drug-likeness (QED) is 0.890. The molecule has 0 amide bonds. The second-order valence-corrected chi connectivity index (χ2v) is 5.93. The molecule has 4 nitrogen and oxygen atoms in total. The van der Waals surface area contributed by atoms with Crippen LogP contribution in [0.2, 0.25) is 0 Å². The zero-order valence-corrected chi connectivity index (χ0v) is 13.7. The second-order valence-electron chi connectivity index (χ2n) is 5.93. The van der Waals surface area contributed by atoms with Gasteiger partial charge in [-0.2, -0.15) is 0 Å². The standard InChI is InChI=1S/C19H23NO3/c1-20(12-14-3-8-19-16(11-14)9-10-23-19)18(13-21)15-4-6-17(22-2)7-5-15/h3-8,11,18,21H,9-10,12-13H2,1-2H3. The van der Waals surface area contributed by atoms with Gasteiger partial charge in [-0.1, -0.05) is 24.3 Å². The third kappa shape index (κ3) is 3.49. The highest BCUT2D eigenvalue weighted by atomic mass is 16.5. The second kappa shape index (κ2) is 7.02. The van der Waals surface area contributed by atoms with Gasteiger partial charge < -0.3 is 14.6 Å². The van der Waals surface area contributed by atoms with Crippen molar-refractivity contribution in [1.29, 1.82) is 0 Å². The lowest BCUT2D eigenvalue weighted by atomic mass is 10.0. The maximum atomic E-state index is 9.82. The molecule has 0 bridgehead atoms. The smallest absolute Gasteiger partial charge is 0.122 e. The molecule has 0 aromatic heterocycles. The molecule has 1 atom stereocenters. The first kappa shape index (κ1) is 15.8. The topological polar surface area (TPSA) is 41.9 Å². The van der Waals surface area contributed by atoms with Gasteiger partial charge in [0.2, 0.25) is 0 Å². The Kier molecular flexibility index (Phi) is 4.84. The first-order chi connectivity index (χ1) is 11.2. The lowest BCUT2D eigenvalue weighted by Gasteiger charge is -2.27. The summed E-state index contributed by atoms with van der Waals surface area (Å²) in [6.45, 7) is 1.64. The molecular formula is C19H23NO3. The Hall–Kier alpha value is -2.04. The van der Waals surface area contributed by atoms with E-state index in [-0.39, 0.29) is 12.6 Å². The summed E-state index contributed by atoms with van der Waals surface area (Å²) in [7, 11) is 3.69. The first-order valence-electron chi connectivity index (χ1n) is 7.91. The van der Waals surface area contributed by atoms with Gasteiger partial charge in [0.25, 0.3) is 0 Å². The summed E-state index contributed by atoms with van der Waals surface area (Å²) in [6, 6.07) is 14.2. The SMILES string of the molecule is COc1ccc(C(CO)N(C)Cc2ccc3c(c2)CCO3)cc1. The molecule has 3 rings (SSSR count). The maximum Gasteiger partial charge on any atom is 0.122 e. The fourth-order valence-electron chi connectivity index (χ4n) is 3.06. The van der Waals surface area contributed by atoms with Crippen molar-refractivity contribution in [2.24, 2.45) is 0 Å². The van der Waals surface area contributed by atoms with Crippen LogP contribution in [0.25, 0.3) is 0 Å². The average molecular weight is 313 g/mol. The van der Waals surface area contributed by atoms with E-state index < -0.39 is 0 Å². The van der Waals surface area contributed by atoms with Crippen LogP contribution >= 0.6 is 0 Å². The molecule has 0 fully saturated rings. The van der Waals surface area contributed by atoms with E-state index >= 15 is 0 Å². The van der Waals surface area contributed by atoms with Gasteiger partial charge in [-0.3, -0.25) is 4.90 Å². The van der Waals surface area contributed by atoms with E-state index in [0.29, 0.717) is 0 Å². The van der Waals surface area contributed by atoms with E-state index in [2.05, 4.69) is 17.0 Å². The van der Waals surface area contributed by atoms with Crippen LogP contribution in [0.5, 0.6) is 11.5 Å². The number of methoxy groups -OCH3 is 1. The summed E-state index contributed by atoms with van der Waals surface area (Å²) >= 11 is 0. The molecule has 1 heterocycles. The Bertz CT molecular complexity index is 654. The van der Waals surface area contributed by atoms with E-state index in [9.17, 15) is 5.11 Å². The summed E-state index contributed by atoms with van der Waals surface area (Å²) in [5.74, 6) is 1.83. The number of hydrogen-bond donors (Lipinski definition) is 1. The van der Waals surface area contributed by atoms with Crippen molar-refractivity contribution in [2.75, 3.05) is 27.4 Å². The predicted molar refractivity (Wildman–Crippen MR) is 89.9 cm³/mol. The van der Waals surface area contributed by atoms with Crippen LogP contribution in [0.15, 0.2) is 42.5 Å². The zero-order chi connectivity index (χ0) is 16.2. The van der Waals surface area contributed by atoms with Crippen LogP contribution in [0.3, 0.4) is 0 Å². The number of nitrogens with zero attached hydrogens (tertiary/aromatic N) is 1. The molecule has 1 aliphatic rings. The number of fused-ring (bicyclic) bond motifs is 1. The highest BCUT2D eigenvalue weighted by molar-refractivity contribution is 5.40. The molecular weight excluding hydrogens is 290 g/mol. The Morgan fingerprint density at radius 2 is 2.00 bits per heavy atom. The number of benzene rings is 2.